The van der Waals surface area contributed by atoms with E-state index in [2.05, 4.69) is 20.2 Å². The van der Waals surface area contributed by atoms with Crippen molar-refractivity contribution in [3.63, 3.8) is 0 Å². The maximum absolute atomic E-state index is 14.2. The van der Waals surface area contributed by atoms with E-state index in [9.17, 15) is 14.0 Å². The van der Waals surface area contributed by atoms with E-state index in [0.29, 0.717) is 46.7 Å². The molecule has 3 N–H and O–H groups in total. The lowest BCUT2D eigenvalue weighted by atomic mass is 10.1. The lowest BCUT2D eigenvalue weighted by molar-refractivity contribution is 0.0763. The number of carbonyl (C=O) groups excluding carboxylic acids is 1. The van der Waals surface area contributed by atoms with Gasteiger partial charge in [0.1, 0.15) is 17.2 Å². The second-order valence-corrected chi connectivity index (χ2v) is 10.3. The molecule has 1 atom stereocenters. The molecule has 0 radical (unpaired) electrons. The van der Waals surface area contributed by atoms with Crippen LogP contribution in [0.25, 0.3) is 22.4 Å². The Morgan fingerprint density at radius 2 is 1.92 bits per heavy atom. The van der Waals surface area contributed by atoms with Crippen LogP contribution in [0.2, 0.25) is 0 Å². The third-order valence-electron chi connectivity index (χ3n) is 7.55. The standard InChI is InChI=1S/C29H31FN6O2/c1-18(14-19-6-2-3-7-22(19)30)32-23-8-9-31-28(37)26(23)27-33-24-15-20-17-36(13-12-35-10-4-5-11-35)29(38)21(20)16-25(24)34-27/h2-3,6-9,15-16,18H,4-5,10-14,17H2,1H3,(H,33,34)(H2,31,32,37)/t18-/m0/s1. The molecule has 196 valence electrons. The van der Waals surface area contributed by atoms with Crippen molar-refractivity contribution < 1.29 is 9.18 Å². The molecule has 9 heteroatoms. The Morgan fingerprint density at radius 3 is 2.74 bits per heavy atom. The third kappa shape index (κ3) is 4.69. The highest BCUT2D eigenvalue weighted by Crippen LogP contribution is 2.30. The molecule has 0 aliphatic carbocycles. The van der Waals surface area contributed by atoms with E-state index in [1.165, 1.54) is 18.9 Å². The van der Waals surface area contributed by atoms with E-state index in [-0.39, 0.29) is 23.3 Å². The van der Waals surface area contributed by atoms with Gasteiger partial charge in [-0.05, 0) is 74.7 Å². The smallest absolute Gasteiger partial charge is 0.261 e. The number of nitrogens with zero attached hydrogens (tertiary/aromatic N) is 3. The van der Waals surface area contributed by atoms with E-state index in [1.54, 1.807) is 24.4 Å². The second-order valence-electron chi connectivity index (χ2n) is 10.3. The normalized spacial score (nSPS) is 16.4. The van der Waals surface area contributed by atoms with Crippen LogP contribution in [0.15, 0.2) is 53.5 Å². The number of aromatic amines is 2. The number of benzene rings is 2. The van der Waals surface area contributed by atoms with Gasteiger partial charge < -0.3 is 25.1 Å². The number of imidazole rings is 1. The van der Waals surface area contributed by atoms with Crippen LogP contribution in [0.1, 0.15) is 41.3 Å². The van der Waals surface area contributed by atoms with Gasteiger partial charge in [-0.25, -0.2) is 9.37 Å². The zero-order valence-corrected chi connectivity index (χ0v) is 21.4. The number of pyridine rings is 1. The summed E-state index contributed by atoms with van der Waals surface area (Å²) in [5.74, 6) is 0.207. The second kappa shape index (κ2) is 10.1. The molecule has 4 heterocycles. The van der Waals surface area contributed by atoms with E-state index in [0.717, 1.165) is 37.3 Å². The number of hydrogen-bond donors (Lipinski definition) is 3. The Morgan fingerprint density at radius 1 is 1.11 bits per heavy atom. The average Bonchev–Trinajstić information content (AvgIpc) is 3.62. The highest BCUT2D eigenvalue weighted by Gasteiger charge is 2.29. The van der Waals surface area contributed by atoms with Crippen LogP contribution in [-0.2, 0) is 13.0 Å². The summed E-state index contributed by atoms with van der Waals surface area (Å²) < 4.78 is 14.2. The molecule has 1 amide bonds. The number of likely N-dealkylation sites (tertiary alicyclic amines) is 1. The molecular formula is C29H31FN6O2. The van der Waals surface area contributed by atoms with E-state index in [4.69, 9.17) is 4.98 Å². The fourth-order valence-corrected chi connectivity index (χ4v) is 5.59. The van der Waals surface area contributed by atoms with E-state index in [1.807, 2.05) is 30.0 Å². The average molecular weight is 515 g/mol. The monoisotopic (exact) mass is 514 g/mol. The van der Waals surface area contributed by atoms with Crippen LogP contribution in [0.5, 0.6) is 0 Å². The van der Waals surface area contributed by atoms with Crippen molar-refractivity contribution in [2.24, 2.45) is 0 Å². The van der Waals surface area contributed by atoms with Crippen molar-refractivity contribution in [3.8, 4) is 11.4 Å². The molecule has 6 rings (SSSR count). The van der Waals surface area contributed by atoms with Gasteiger partial charge in [0.15, 0.2) is 0 Å². The maximum atomic E-state index is 14.2. The largest absolute Gasteiger partial charge is 0.381 e. The van der Waals surface area contributed by atoms with Crippen molar-refractivity contribution in [2.45, 2.75) is 38.8 Å². The number of carbonyl (C=O) groups is 1. The van der Waals surface area contributed by atoms with Gasteiger partial charge in [-0.15, -0.1) is 0 Å². The molecule has 0 spiro atoms. The van der Waals surface area contributed by atoms with Crippen LogP contribution in [0.4, 0.5) is 10.1 Å². The van der Waals surface area contributed by atoms with Crippen molar-refractivity contribution in [3.05, 3.63) is 81.5 Å². The summed E-state index contributed by atoms with van der Waals surface area (Å²) in [6.07, 6.45) is 4.51. The minimum absolute atomic E-state index is 0.0347. The van der Waals surface area contributed by atoms with Crippen LogP contribution < -0.4 is 10.9 Å². The fourth-order valence-electron chi connectivity index (χ4n) is 5.59. The Labute approximate surface area is 219 Å². The van der Waals surface area contributed by atoms with Gasteiger partial charge in [-0.2, -0.15) is 0 Å². The molecule has 2 aliphatic rings. The first kappa shape index (κ1) is 24.4. The number of aromatic nitrogens is 3. The number of nitrogens with one attached hydrogen (secondary N) is 3. The minimum Gasteiger partial charge on any atom is -0.381 e. The number of hydrogen-bond acceptors (Lipinski definition) is 5. The summed E-state index contributed by atoms with van der Waals surface area (Å²) in [6, 6.07) is 12.1. The molecule has 38 heavy (non-hydrogen) atoms. The number of amides is 1. The van der Waals surface area contributed by atoms with E-state index >= 15 is 0 Å². The molecule has 0 saturated carbocycles. The summed E-state index contributed by atoms with van der Waals surface area (Å²) in [5, 5.41) is 3.35. The molecule has 0 unspecified atom stereocenters. The van der Waals surface area contributed by atoms with Gasteiger partial charge in [-0.1, -0.05) is 18.2 Å². The van der Waals surface area contributed by atoms with Crippen LogP contribution in [-0.4, -0.2) is 62.9 Å². The first-order valence-electron chi connectivity index (χ1n) is 13.2. The van der Waals surface area contributed by atoms with Gasteiger partial charge in [-0.3, -0.25) is 9.59 Å². The third-order valence-corrected chi connectivity index (χ3v) is 7.55. The fraction of sp³-hybridized carbons (Fsp3) is 0.345. The predicted octanol–water partition coefficient (Wildman–Crippen LogP) is 4.15. The minimum atomic E-state index is -0.288. The van der Waals surface area contributed by atoms with Crippen LogP contribution in [0, 0.1) is 5.82 Å². The molecular weight excluding hydrogens is 483 g/mol. The molecule has 1 saturated heterocycles. The molecule has 1 fully saturated rings. The maximum Gasteiger partial charge on any atom is 0.261 e. The number of halogens is 1. The summed E-state index contributed by atoms with van der Waals surface area (Å²) >= 11 is 0. The highest BCUT2D eigenvalue weighted by atomic mass is 19.1. The van der Waals surface area contributed by atoms with Gasteiger partial charge in [0.2, 0.25) is 0 Å². The van der Waals surface area contributed by atoms with Gasteiger partial charge in [0.05, 0.1) is 16.7 Å². The number of H-pyrrole nitrogens is 2. The van der Waals surface area contributed by atoms with Crippen molar-refractivity contribution >= 4 is 22.6 Å². The Hall–Kier alpha value is -3.98. The Balaban J connectivity index is 1.24. The summed E-state index contributed by atoms with van der Waals surface area (Å²) in [7, 11) is 0. The number of fused-ring (bicyclic) bond motifs is 2. The van der Waals surface area contributed by atoms with Gasteiger partial charge in [0, 0.05) is 37.4 Å². The summed E-state index contributed by atoms with van der Waals surface area (Å²) in [6.45, 7) is 6.38. The summed E-state index contributed by atoms with van der Waals surface area (Å²) in [4.78, 5) is 41.1. The van der Waals surface area contributed by atoms with Crippen LogP contribution in [0.3, 0.4) is 0 Å². The van der Waals surface area contributed by atoms with Crippen molar-refractivity contribution in [1.82, 2.24) is 24.8 Å². The van der Waals surface area contributed by atoms with Gasteiger partial charge >= 0.3 is 0 Å². The number of rotatable bonds is 8. The molecule has 2 aromatic carbocycles. The highest BCUT2D eigenvalue weighted by molar-refractivity contribution is 6.02. The summed E-state index contributed by atoms with van der Waals surface area (Å²) in [5.41, 5.74) is 4.37. The van der Waals surface area contributed by atoms with Crippen LogP contribution >= 0.6 is 0 Å². The first-order chi connectivity index (χ1) is 18.5. The molecule has 0 bridgehead atoms. The number of anilines is 1. The quantitative estimate of drug-likeness (QED) is 0.328. The lowest BCUT2D eigenvalue weighted by Gasteiger charge is -2.20. The lowest BCUT2D eigenvalue weighted by Crippen LogP contribution is -2.33. The SMILES string of the molecule is C[C@@H](Cc1ccccc1F)Nc1cc[nH]c(=O)c1-c1nc2cc3c(cc2[nH]1)CN(CCN1CCCC1)C3=O. The van der Waals surface area contributed by atoms with Gasteiger partial charge in [0.25, 0.3) is 11.5 Å². The zero-order valence-electron chi connectivity index (χ0n) is 21.4. The topological polar surface area (TPSA) is 97.1 Å². The zero-order chi connectivity index (χ0) is 26.2. The molecule has 2 aromatic heterocycles. The molecule has 8 nitrogen and oxygen atoms in total. The molecule has 4 aromatic rings. The molecule has 2 aliphatic heterocycles. The van der Waals surface area contributed by atoms with Crippen molar-refractivity contribution in [1.29, 1.82) is 0 Å². The predicted molar refractivity (Wildman–Crippen MR) is 146 cm³/mol. The Kier molecular flexibility index (Phi) is 6.45. The first-order valence-corrected chi connectivity index (χ1v) is 13.2. The van der Waals surface area contributed by atoms with E-state index < -0.39 is 0 Å². The van der Waals surface area contributed by atoms with Crippen molar-refractivity contribution in [2.75, 3.05) is 31.5 Å². The Bertz CT molecular complexity index is 1550.